The van der Waals surface area contributed by atoms with Gasteiger partial charge in [-0.2, -0.15) is 4.31 Å². The highest BCUT2D eigenvalue weighted by atomic mass is 32.2. The number of hydrogen-bond donors (Lipinski definition) is 2. The van der Waals surface area contributed by atoms with E-state index in [1.807, 2.05) is 0 Å². The molecule has 0 aromatic heterocycles. The second-order valence-electron chi connectivity index (χ2n) is 4.33. The van der Waals surface area contributed by atoms with Crippen LogP contribution in [0.4, 0.5) is 0 Å². The zero-order valence-electron chi connectivity index (χ0n) is 10.5. The van der Waals surface area contributed by atoms with Gasteiger partial charge < -0.3 is 10.4 Å². The molecular formula is C12H14N2O5S. The Bertz CT molecular complexity index is 614. The van der Waals surface area contributed by atoms with Gasteiger partial charge in [0.25, 0.3) is 0 Å². The molecule has 0 radical (unpaired) electrons. The van der Waals surface area contributed by atoms with Crippen LogP contribution < -0.4 is 5.32 Å². The van der Waals surface area contributed by atoms with Crippen molar-refractivity contribution in [1.82, 2.24) is 9.62 Å². The third-order valence-electron chi connectivity index (χ3n) is 3.00. The predicted octanol–water partition coefficient (Wildman–Crippen LogP) is -0.350. The number of carboxylic acids is 1. The summed E-state index contributed by atoms with van der Waals surface area (Å²) in [5, 5.41) is 11.3. The molecule has 1 amide bonds. The maximum atomic E-state index is 12.5. The van der Waals surface area contributed by atoms with E-state index in [-0.39, 0.29) is 18.0 Å². The third kappa shape index (κ3) is 2.81. The summed E-state index contributed by atoms with van der Waals surface area (Å²) < 4.78 is 25.9. The lowest BCUT2D eigenvalue weighted by atomic mass is 10.1. The fourth-order valence-electron chi connectivity index (χ4n) is 2.07. The van der Waals surface area contributed by atoms with E-state index in [2.05, 4.69) is 5.32 Å². The van der Waals surface area contributed by atoms with E-state index in [0.717, 1.165) is 4.31 Å². The van der Waals surface area contributed by atoms with Crippen LogP contribution in [-0.2, 0) is 19.6 Å². The monoisotopic (exact) mass is 298 g/mol. The van der Waals surface area contributed by atoms with Crippen LogP contribution in [0.15, 0.2) is 35.2 Å². The molecule has 1 heterocycles. The first kappa shape index (κ1) is 14.5. The number of sulfonamides is 1. The lowest BCUT2D eigenvalue weighted by Crippen LogP contribution is -2.57. The average Bonchev–Trinajstić information content (AvgIpc) is 2.41. The Balaban J connectivity index is 2.37. The van der Waals surface area contributed by atoms with Crippen LogP contribution in [0.3, 0.4) is 0 Å². The van der Waals surface area contributed by atoms with Crippen LogP contribution in [0.25, 0.3) is 0 Å². The molecule has 1 fully saturated rings. The summed E-state index contributed by atoms with van der Waals surface area (Å²) in [6, 6.07) is 6.44. The molecule has 1 aliphatic heterocycles. The third-order valence-corrected chi connectivity index (χ3v) is 4.92. The molecule has 8 heteroatoms. The van der Waals surface area contributed by atoms with Crippen LogP contribution in [0.5, 0.6) is 0 Å². The minimum Gasteiger partial charge on any atom is -0.481 e. The topological polar surface area (TPSA) is 104 Å². The molecule has 2 rings (SSSR count). The molecule has 0 saturated carbocycles. The zero-order chi connectivity index (χ0) is 14.8. The normalized spacial score (nSPS) is 20.4. The number of aliphatic carboxylic acids is 1. The molecule has 1 atom stereocenters. The van der Waals surface area contributed by atoms with E-state index < -0.39 is 34.4 Å². The number of nitrogens with zero attached hydrogens (tertiary/aromatic N) is 1. The fraction of sp³-hybridized carbons (Fsp3) is 0.333. The van der Waals surface area contributed by atoms with Crippen molar-refractivity contribution in [3.63, 3.8) is 0 Å². The molecular weight excluding hydrogens is 284 g/mol. The van der Waals surface area contributed by atoms with Crippen molar-refractivity contribution in [2.24, 2.45) is 0 Å². The van der Waals surface area contributed by atoms with Crippen molar-refractivity contribution in [3.05, 3.63) is 30.3 Å². The first-order chi connectivity index (χ1) is 9.43. The zero-order valence-corrected chi connectivity index (χ0v) is 11.3. The summed E-state index contributed by atoms with van der Waals surface area (Å²) >= 11 is 0. The van der Waals surface area contributed by atoms with Crippen molar-refractivity contribution in [2.75, 3.05) is 13.1 Å². The number of carboxylic acid groups (broad SMARTS) is 1. The molecule has 108 valence electrons. The van der Waals surface area contributed by atoms with Crippen molar-refractivity contribution >= 4 is 21.9 Å². The molecule has 2 N–H and O–H groups in total. The van der Waals surface area contributed by atoms with Gasteiger partial charge in [0.2, 0.25) is 15.9 Å². The first-order valence-electron chi connectivity index (χ1n) is 5.99. The Hall–Kier alpha value is -1.93. The Morgan fingerprint density at radius 3 is 2.60 bits per heavy atom. The second kappa shape index (κ2) is 5.59. The van der Waals surface area contributed by atoms with E-state index in [9.17, 15) is 18.0 Å². The second-order valence-corrected chi connectivity index (χ2v) is 6.22. The largest absolute Gasteiger partial charge is 0.481 e. The molecule has 0 spiro atoms. The number of carbonyl (C=O) groups excluding carboxylic acids is 1. The van der Waals surface area contributed by atoms with E-state index >= 15 is 0 Å². The highest BCUT2D eigenvalue weighted by Crippen LogP contribution is 2.21. The summed E-state index contributed by atoms with van der Waals surface area (Å²) in [6.07, 6.45) is -0.558. The van der Waals surface area contributed by atoms with Crippen LogP contribution in [0.2, 0.25) is 0 Å². The molecule has 0 unspecified atom stereocenters. The van der Waals surface area contributed by atoms with Crippen LogP contribution >= 0.6 is 0 Å². The molecule has 0 aliphatic carbocycles. The van der Waals surface area contributed by atoms with Crippen molar-refractivity contribution in [3.8, 4) is 0 Å². The molecule has 1 aromatic rings. The van der Waals surface area contributed by atoms with Gasteiger partial charge >= 0.3 is 5.97 Å². The Labute approximate surface area is 116 Å². The number of hydrogen-bond acceptors (Lipinski definition) is 4. The highest BCUT2D eigenvalue weighted by molar-refractivity contribution is 7.89. The number of benzene rings is 1. The molecule has 0 bridgehead atoms. The minimum atomic E-state index is -3.88. The maximum absolute atomic E-state index is 12.5. The Morgan fingerprint density at radius 2 is 2.00 bits per heavy atom. The lowest BCUT2D eigenvalue weighted by Gasteiger charge is -2.33. The van der Waals surface area contributed by atoms with Gasteiger partial charge in [-0.15, -0.1) is 0 Å². The highest BCUT2D eigenvalue weighted by Gasteiger charge is 2.39. The molecule has 20 heavy (non-hydrogen) atoms. The summed E-state index contributed by atoms with van der Waals surface area (Å²) in [4.78, 5) is 22.6. The van der Waals surface area contributed by atoms with Gasteiger partial charge in [-0.05, 0) is 12.1 Å². The quantitative estimate of drug-likeness (QED) is 0.791. The van der Waals surface area contributed by atoms with E-state index in [4.69, 9.17) is 5.11 Å². The van der Waals surface area contributed by atoms with Crippen LogP contribution in [-0.4, -0.2) is 48.8 Å². The molecule has 7 nitrogen and oxygen atoms in total. The maximum Gasteiger partial charge on any atom is 0.305 e. The van der Waals surface area contributed by atoms with E-state index in [1.165, 1.54) is 12.1 Å². The fourth-order valence-corrected chi connectivity index (χ4v) is 3.68. The number of piperazine rings is 1. The number of nitrogens with one attached hydrogen (secondary N) is 1. The standard InChI is InChI=1S/C12H14N2O5S/c15-11(16)8-10-12(17)13-6-7-14(10)20(18,19)9-4-2-1-3-5-9/h1-5,10H,6-8H2,(H,13,17)(H,15,16)/t10-/m0/s1. The smallest absolute Gasteiger partial charge is 0.305 e. The Kier molecular flexibility index (Phi) is 4.05. The van der Waals surface area contributed by atoms with Gasteiger partial charge in [-0.3, -0.25) is 9.59 Å². The molecule has 1 saturated heterocycles. The number of carbonyl (C=O) groups is 2. The lowest BCUT2D eigenvalue weighted by molar-refractivity contribution is -0.141. The predicted molar refractivity (Wildman–Crippen MR) is 69.4 cm³/mol. The van der Waals surface area contributed by atoms with Crippen LogP contribution in [0, 0.1) is 0 Å². The van der Waals surface area contributed by atoms with Gasteiger partial charge in [-0.25, -0.2) is 8.42 Å². The Morgan fingerprint density at radius 1 is 1.35 bits per heavy atom. The van der Waals surface area contributed by atoms with Crippen molar-refractivity contribution < 1.29 is 23.1 Å². The van der Waals surface area contributed by atoms with Crippen molar-refractivity contribution in [1.29, 1.82) is 0 Å². The average molecular weight is 298 g/mol. The summed E-state index contributed by atoms with van der Waals surface area (Å²) in [5.41, 5.74) is 0. The van der Waals surface area contributed by atoms with Gasteiger partial charge in [0.05, 0.1) is 11.3 Å². The van der Waals surface area contributed by atoms with Crippen molar-refractivity contribution in [2.45, 2.75) is 17.4 Å². The summed E-state index contributed by atoms with van der Waals surface area (Å²) in [7, 11) is -3.88. The van der Waals surface area contributed by atoms with Gasteiger partial charge in [0.15, 0.2) is 0 Å². The van der Waals surface area contributed by atoms with Crippen LogP contribution in [0.1, 0.15) is 6.42 Å². The molecule has 1 aliphatic rings. The van der Waals surface area contributed by atoms with E-state index in [0.29, 0.717) is 0 Å². The van der Waals surface area contributed by atoms with Gasteiger partial charge in [0.1, 0.15) is 6.04 Å². The SMILES string of the molecule is O=C(O)C[C@H]1C(=O)NCCN1S(=O)(=O)c1ccccc1. The molecule has 1 aromatic carbocycles. The summed E-state index contributed by atoms with van der Waals surface area (Å²) in [6.45, 7) is 0.224. The summed E-state index contributed by atoms with van der Waals surface area (Å²) in [5.74, 6) is -1.81. The number of rotatable bonds is 4. The number of amides is 1. The minimum absolute atomic E-state index is 0.0464. The van der Waals surface area contributed by atoms with Gasteiger partial charge in [0, 0.05) is 13.1 Å². The van der Waals surface area contributed by atoms with E-state index in [1.54, 1.807) is 18.2 Å². The first-order valence-corrected chi connectivity index (χ1v) is 7.43. The van der Waals surface area contributed by atoms with Gasteiger partial charge in [-0.1, -0.05) is 18.2 Å².